The van der Waals surface area contributed by atoms with Gasteiger partial charge in [0.2, 0.25) is 0 Å². The summed E-state index contributed by atoms with van der Waals surface area (Å²) in [5.74, 6) is 0.783. The van der Waals surface area contributed by atoms with Crippen LogP contribution in [-0.4, -0.2) is 25.2 Å². The van der Waals surface area contributed by atoms with Crippen molar-refractivity contribution in [2.75, 3.05) is 5.73 Å². The van der Waals surface area contributed by atoms with E-state index in [9.17, 15) is 4.57 Å². The molecule has 0 saturated heterocycles. The molecule has 2 aromatic heterocycles. The van der Waals surface area contributed by atoms with Crippen molar-refractivity contribution in [1.29, 1.82) is 0 Å². The predicted octanol–water partition coefficient (Wildman–Crippen LogP) is 2.03. The first-order valence-electron chi connectivity index (χ1n) is 7.01. The van der Waals surface area contributed by atoms with Gasteiger partial charge in [0, 0.05) is 6.54 Å². The lowest BCUT2D eigenvalue weighted by molar-refractivity contribution is 0.462. The van der Waals surface area contributed by atoms with Gasteiger partial charge in [-0.05, 0) is 19.1 Å². The molecule has 0 aliphatic heterocycles. The van der Waals surface area contributed by atoms with E-state index < -0.39 is 13.2 Å². The molecule has 0 radical (unpaired) electrons. The van der Waals surface area contributed by atoms with Crippen molar-refractivity contribution in [2.24, 2.45) is 5.50 Å². The highest BCUT2D eigenvalue weighted by atomic mass is 31.2. The maximum Gasteiger partial charge on any atom is 0.318 e. The average molecular weight is 332 g/mol. The Morgan fingerprint density at radius 3 is 2.74 bits per heavy atom. The number of para-hydroxylation sites is 1. The molecular formula is C14H17N6O2P. The van der Waals surface area contributed by atoms with E-state index >= 15 is 0 Å². The third kappa shape index (κ3) is 3.18. The number of anilines is 1. The summed E-state index contributed by atoms with van der Waals surface area (Å²) < 4.78 is 19.9. The minimum absolute atomic E-state index is 0.304. The average Bonchev–Trinajstić information content (AvgIpc) is 2.92. The molecule has 9 heteroatoms. The number of aromatic nitrogens is 4. The number of hydrogen-bond acceptors (Lipinski definition) is 6. The SMILES string of the molecule is C[C@H](Cn1cnc2c(N)ncnc21)[P@@](N)(=O)Oc1ccccc1. The van der Waals surface area contributed by atoms with E-state index in [0.29, 0.717) is 29.3 Å². The van der Waals surface area contributed by atoms with Gasteiger partial charge in [0.15, 0.2) is 11.5 Å². The Morgan fingerprint density at radius 2 is 2.00 bits per heavy atom. The van der Waals surface area contributed by atoms with Gasteiger partial charge in [0.1, 0.15) is 17.6 Å². The van der Waals surface area contributed by atoms with Crippen molar-refractivity contribution in [3.8, 4) is 5.75 Å². The Bertz CT molecular complexity index is 866. The second-order valence-corrected chi connectivity index (χ2v) is 7.58. The van der Waals surface area contributed by atoms with Crippen LogP contribution in [0.25, 0.3) is 11.2 Å². The van der Waals surface area contributed by atoms with Gasteiger partial charge in [0.25, 0.3) is 0 Å². The highest BCUT2D eigenvalue weighted by Crippen LogP contribution is 2.44. The highest BCUT2D eigenvalue weighted by Gasteiger charge is 2.28. The zero-order valence-electron chi connectivity index (χ0n) is 12.5. The third-order valence-electron chi connectivity index (χ3n) is 3.50. The first kappa shape index (κ1) is 15.5. The molecular weight excluding hydrogens is 315 g/mol. The van der Waals surface area contributed by atoms with Gasteiger partial charge in [-0.15, -0.1) is 0 Å². The molecule has 0 bridgehead atoms. The first-order valence-corrected chi connectivity index (χ1v) is 8.78. The number of benzene rings is 1. The van der Waals surface area contributed by atoms with Crippen molar-refractivity contribution >= 4 is 24.5 Å². The minimum atomic E-state index is -3.36. The van der Waals surface area contributed by atoms with Crippen LogP contribution in [0.4, 0.5) is 5.82 Å². The third-order valence-corrected chi connectivity index (χ3v) is 5.38. The van der Waals surface area contributed by atoms with E-state index in [1.165, 1.54) is 6.33 Å². The Labute approximate surface area is 133 Å². The van der Waals surface area contributed by atoms with Crippen molar-refractivity contribution in [3.63, 3.8) is 0 Å². The van der Waals surface area contributed by atoms with Crippen LogP contribution >= 0.6 is 7.52 Å². The number of nitrogen functional groups attached to an aromatic ring is 1. The largest absolute Gasteiger partial charge is 0.433 e. The lowest BCUT2D eigenvalue weighted by atomic mass is 10.3. The van der Waals surface area contributed by atoms with Crippen LogP contribution in [0.2, 0.25) is 0 Å². The lowest BCUT2D eigenvalue weighted by Crippen LogP contribution is -2.21. The summed E-state index contributed by atoms with van der Waals surface area (Å²) in [5.41, 5.74) is 12.3. The fourth-order valence-corrected chi connectivity index (χ4v) is 3.20. The topological polar surface area (TPSA) is 122 Å². The first-order chi connectivity index (χ1) is 11.0. The molecule has 0 saturated carbocycles. The molecule has 2 heterocycles. The van der Waals surface area contributed by atoms with Gasteiger partial charge in [0.05, 0.1) is 12.0 Å². The summed E-state index contributed by atoms with van der Waals surface area (Å²) >= 11 is 0. The molecule has 0 aliphatic rings. The second-order valence-electron chi connectivity index (χ2n) is 5.23. The molecule has 0 fully saturated rings. The van der Waals surface area contributed by atoms with Crippen LogP contribution in [-0.2, 0) is 11.1 Å². The molecule has 2 atom stereocenters. The highest BCUT2D eigenvalue weighted by molar-refractivity contribution is 7.57. The summed E-state index contributed by atoms with van der Waals surface area (Å²) in [6.07, 6.45) is 2.94. The number of imidazole rings is 1. The quantitative estimate of drug-likeness (QED) is 0.685. The molecule has 4 N–H and O–H groups in total. The van der Waals surface area contributed by atoms with Gasteiger partial charge < -0.3 is 14.8 Å². The zero-order valence-corrected chi connectivity index (χ0v) is 13.4. The van der Waals surface area contributed by atoms with E-state index in [4.69, 9.17) is 15.8 Å². The summed E-state index contributed by atoms with van der Waals surface area (Å²) in [4.78, 5) is 12.2. The van der Waals surface area contributed by atoms with Gasteiger partial charge in [-0.25, -0.2) is 20.5 Å². The monoisotopic (exact) mass is 332 g/mol. The molecule has 23 heavy (non-hydrogen) atoms. The van der Waals surface area contributed by atoms with Crippen molar-refractivity contribution in [1.82, 2.24) is 19.5 Å². The molecule has 1 aromatic carbocycles. The van der Waals surface area contributed by atoms with Crippen LogP contribution in [0.1, 0.15) is 6.92 Å². The fraction of sp³-hybridized carbons (Fsp3) is 0.214. The Balaban J connectivity index is 1.81. The second kappa shape index (κ2) is 5.98. The fourth-order valence-electron chi connectivity index (χ4n) is 2.17. The predicted molar refractivity (Wildman–Crippen MR) is 88.1 cm³/mol. The number of nitrogens with two attached hydrogens (primary N) is 2. The normalized spacial score (nSPS) is 15.2. The maximum atomic E-state index is 12.7. The van der Waals surface area contributed by atoms with E-state index in [-0.39, 0.29) is 0 Å². The summed E-state index contributed by atoms with van der Waals surface area (Å²) in [5, 5.41) is 0. The maximum absolute atomic E-state index is 12.7. The number of fused-ring (bicyclic) bond motifs is 1. The van der Waals surface area contributed by atoms with E-state index in [2.05, 4.69) is 15.0 Å². The van der Waals surface area contributed by atoms with Crippen molar-refractivity contribution < 1.29 is 9.09 Å². The summed E-state index contributed by atoms with van der Waals surface area (Å²) in [7, 11) is -3.36. The number of hydrogen-bond donors (Lipinski definition) is 2. The lowest BCUT2D eigenvalue weighted by Gasteiger charge is -2.21. The molecule has 3 aromatic rings. The molecule has 0 spiro atoms. The van der Waals surface area contributed by atoms with Crippen LogP contribution in [0.15, 0.2) is 43.0 Å². The van der Waals surface area contributed by atoms with Gasteiger partial charge in [-0.2, -0.15) is 0 Å². The molecule has 120 valence electrons. The molecule has 8 nitrogen and oxygen atoms in total. The molecule has 3 rings (SSSR count). The van der Waals surface area contributed by atoms with Crippen molar-refractivity contribution in [3.05, 3.63) is 43.0 Å². The smallest absolute Gasteiger partial charge is 0.318 e. The molecule has 0 aliphatic carbocycles. The zero-order chi connectivity index (χ0) is 16.4. The summed E-state index contributed by atoms with van der Waals surface area (Å²) in [6.45, 7) is 2.10. The van der Waals surface area contributed by atoms with Crippen molar-refractivity contribution in [2.45, 2.75) is 19.1 Å². The van der Waals surface area contributed by atoms with Gasteiger partial charge in [-0.3, -0.25) is 4.57 Å². The van der Waals surface area contributed by atoms with Crippen LogP contribution in [0.5, 0.6) is 5.75 Å². The standard InChI is InChI=1S/C14H17N6O2P/c1-10(23(16,21)22-11-5-3-2-4-6-11)7-20-9-19-12-13(15)17-8-18-14(12)20/h2-6,8-10H,7H2,1H3,(H2,16,21)(H2,15,17,18)/t10-,23-/m1/s1. The van der Waals surface area contributed by atoms with Crippen LogP contribution in [0, 0.1) is 0 Å². The van der Waals surface area contributed by atoms with E-state index in [1.54, 1.807) is 42.1 Å². The van der Waals surface area contributed by atoms with Crippen LogP contribution in [0.3, 0.4) is 0 Å². The van der Waals surface area contributed by atoms with Gasteiger partial charge >= 0.3 is 7.52 Å². The van der Waals surface area contributed by atoms with E-state index in [0.717, 1.165) is 0 Å². The van der Waals surface area contributed by atoms with E-state index in [1.807, 2.05) is 6.07 Å². The van der Waals surface area contributed by atoms with Crippen LogP contribution < -0.4 is 15.8 Å². The Hall–Kier alpha value is -2.44. The minimum Gasteiger partial charge on any atom is -0.433 e. The Morgan fingerprint density at radius 1 is 1.26 bits per heavy atom. The number of nitrogens with zero attached hydrogens (tertiary/aromatic N) is 4. The molecule has 0 unspecified atom stereocenters. The number of rotatable bonds is 5. The molecule has 0 amide bonds. The summed E-state index contributed by atoms with van der Waals surface area (Å²) in [6, 6.07) is 8.87. The Kier molecular flexibility index (Phi) is 4.02. The van der Waals surface area contributed by atoms with Gasteiger partial charge in [-0.1, -0.05) is 18.2 Å².